The van der Waals surface area contributed by atoms with Gasteiger partial charge in [-0.2, -0.15) is 0 Å². The van der Waals surface area contributed by atoms with E-state index in [9.17, 15) is 0 Å². The van der Waals surface area contributed by atoms with Crippen LogP contribution in [0.15, 0.2) is 24.3 Å². The third-order valence-corrected chi connectivity index (χ3v) is 2.64. The van der Waals surface area contributed by atoms with Crippen molar-refractivity contribution < 1.29 is 0 Å². The van der Waals surface area contributed by atoms with Crippen molar-refractivity contribution in [2.75, 3.05) is 5.73 Å². The first-order chi connectivity index (χ1) is 5.86. The number of anilines is 1. The van der Waals surface area contributed by atoms with Crippen LogP contribution < -0.4 is 5.73 Å². The van der Waals surface area contributed by atoms with E-state index in [0.717, 1.165) is 11.4 Å². The van der Waals surface area contributed by atoms with E-state index < -0.39 is 0 Å². The maximum absolute atomic E-state index is 5.49. The van der Waals surface area contributed by atoms with Gasteiger partial charge in [-0.1, -0.05) is 35.6 Å². The van der Waals surface area contributed by atoms with Gasteiger partial charge in [0.2, 0.25) is 5.13 Å². The van der Waals surface area contributed by atoms with Crippen molar-refractivity contribution in [2.24, 2.45) is 0 Å². The highest BCUT2D eigenvalue weighted by atomic mass is 32.1. The van der Waals surface area contributed by atoms with Crippen molar-refractivity contribution in [1.82, 2.24) is 10.2 Å². The number of aromatic nitrogens is 2. The summed E-state index contributed by atoms with van der Waals surface area (Å²) in [5, 5.41) is 9.33. The molecule has 62 valence electrons. The van der Waals surface area contributed by atoms with Crippen molar-refractivity contribution in [2.45, 2.75) is 12.3 Å². The van der Waals surface area contributed by atoms with Gasteiger partial charge in [-0.15, -0.1) is 10.2 Å². The van der Waals surface area contributed by atoms with Gasteiger partial charge >= 0.3 is 0 Å². The Morgan fingerprint density at radius 3 is 2.92 bits per heavy atom. The molecule has 0 amide bonds. The van der Waals surface area contributed by atoms with E-state index in [0.29, 0.717) is 11.0 Å². The molecular weight excluding hydrogens is 170 g/mol. The van der Waals surface area contributed by atoms with Crippen LogP contribution in [0, 0.1) is 0 Å². The molecule has 1 aliphatic carbocycles. The molecule has 0 saturated heterocycles. The van der Waals surface area contributed by atoms with Crippen molar-refractivity contribution in [3.8, 4) is 0 Å². The number of nitrogen functional groups attached to an aromatic ring is 1. The summed E-state index contributed by atoms with van der Waals surface area (Å²) in [6, 6.07) is 0. The molecule has 0 aromatic carbocycles. The Bertz CT molecular complexity index is 327. The lowest BCUT2D eigenvalue weighted by Crippen LogP contribution is -1.94. The van der Waals surface area contributed by atoms with Crippen LogP contribution in [0.2, 0.25) is 0 Å². The highest BCUT2D eigenvalue weighted by molar-refractivity contribution is 7.15. The first kappa shape index (κ1) is 7.49. The fourth-order valence-corrected chi connectivity index (χ4v) is 1.86. The zero-order valence-electron chi connectivity index (χ0n) is 6.47. The number of nitrogens with zero attached hydrogens (tertiary/aromatic N) is 2. The Labute approximate surface area is 74.6 Å². The van der Waals surface area contributed by atoms with Crippen LogP contribution in [-0.4, -0.2) is 10.2 Å². The first-order valence-electron chi connectivity index (χ1n) is 3.78. The molecule has 1 aromatic heterocycles. The molecule has 4 heteroatoms. The monoisotopic (exact) mass is 179 g/mol. The predicted octanol–water partition coefficient (Wildman–Crippen LogP) is 1.72. The van der Waals surface area contributed by atoms with Gasteiger partial charge in [0.15, 0.2) is 0 Å². The van der Waals surface area contributed by atoms with E-state index in [1.165, 1.54) is 11.3 Å². The number of rotatable bonds is 1. The Balaban J connectivity index is 2.20. The minimum atomic E-state index is 0.379. The van der Waals surface area contributed by atoms with Gasteiger partial charge < -0.3 is 5.73 Å². The lowest BCUT2D eigenvalue weighted by atomic mass is 10.0. The fourth-order valence-electron chi connectivity index (χ4n) is 1.16. The highest BCUT2D eigenvalue weighted by Crippen LogP contribution is 2.27. The van der Waals surface area contributed by atoms with Crippen LogP contribution >= 0.6 is 11.3 Å². The second-order valence-corrected chi connectivity index (χ2v) is 3.67. The van der Waals surface area contributed by atoms with E-state index >= 15 is 0 Å². The first-order valence-corrected chi connectivity index (χ1v) is 4.60. The molecule has 2 rings (SSSR count). The van der Waals surface area contributed by atoms with Gasteiger partial charge in [0.25, 0.3) is 0 Å². The number of allylic oxidation sites excluding steroid dienone is 4. The van der Waals surface area contributed by atoms with E-state index in [1.807, 2.05) is 12.2 Å². The summed E-state index contributed by atoms with van der Waals surface area (Å²) in [5.74, 6) is 0.379. The van der Waals surface area contributed by atoms with Crippen LogP contribution in [-0.2, 0) is 0 Å². The molecule has 0 fully saturated rings. The van der Waals surface area contributed by atoms with Crippen LogP contribution in [0.1, 0.15) is 17.3 Å². The molecule has 1 heterocycles. The van der Waals surface area contributed by atoms with Crippen molar-refractivity contribution in [1.29, 1.82) is 0 Å². The smallest absolute Gasteiger partial charge is 0.203 e. The van der Waals surface area contributed by atoms with E-state index in [4.69, 9.17) is 5.73 Å². The number of hydrogen-bond acceptors (Lipinski definition) is 4. The van der Waals surface area contributed by atoms with Gasteiger partial charge in [-0.3, -0.25) is 0 Å². The van der Waals surface area contributed by atoms with Crippen LogP contribution in [0.3, 0.4) is 0 Å². The number of hydrogen-bond donors (Lipinski definition) is 1. The Kier molecular flexibility index (Phi) is 1.91. The predicted molar refractivity (Wildman–Crippen MR) is 50.0 cm³/mol. The fraction of sp³-hybridized carbons (Fsp3) is 0.250. The zero-order valence-corrected chi connectivity index (χ0v) is 7.29. The highest BCUT2D eigenvalue weighted by Gasteiger charge is 2.12. The van der Waals surface area contributed by atoms with E-state index in [1.54, 1.807) is 0 Å². The SMILES string of the molecule is Nc1nnc(C2C=CC=CC2)s1. The van der Waals surface area contributed by atoms with Crippen LogP contribution in [0.25, 0.3) is 0 Å². The summed E-state index contributed by atoms with van der Waals surface area (Å²) >= 11 is 1.46. The quantitative estimate of drug-likeness (QED) is 0.714. The summed E-state index contributed by atoms with van der Waals surface area (Å²) in [6.45, 7) is 0. The largest absolute Gasteiger partial charge is 0.374 e. The van der Waals surface area contributed by atoms with Crippen LogP contribution in [0.5, 0.6) is 0 Å². The molecule has 0 spiro atoms. The second-order valence-electron chi connectivity index (χ2n) is 2.63. The molecule has 1 aliphatic rings. The van der Waals surface area contributed by atoms with Crippen molar-refractivity contribution in [3.63, 3.8) is 0 Å². The Morgan fingerprint density at radius 1 is 1.42 bits per heavy atom. The molecular formula is C8H9N3S. The maximum atomic E-state index is 5.49. The van der Waals surface area contributed by atoms with Gasteiger partial charge in [-0.25, -0.2) is 0 Å². The lowest BCUT2D eigenvalue weighted by Gasteiger charge is -2.07. The zero-order chi connectivity index (χ0) is 8.39. The lowest BCUT2D eigenvalue weighted by molar-refractivity contribution is 0.819. The average Bonchev–Trinajstić information content (AvgIpc) is 2.54. The summed E-state index contributed by atoms with van der Waals surface area (Å²) in [6.07, 6.45) is 9.33. The van der Waals surface area contributed by atoms with Gasteiger partial charge in [0.05, 0.1) is 0 Å². The summed E-state index contributed by atoms with van der Waals surface area (Å²) in [5.41, 5.74) is 5.49. The average molecular weight is 179 g/mol. The molecule has 3 nitrogen and oxygen atoms in total. The van der Waals surface area contributed by atoms with Crippen molar-refractivity contribution >= 4 is 16.5 Å². The summed E-state index contributed by atoms with van der Waals surface area (Å²) < 4.78 is 0. The van der Waals surface area contributed by atoms with Gasteiger partial charge in [-0.05, 0) is 6.42 Å². The maximum Gasteiger partial charge on any atom is 0.203 e. The van der Waals surface area contributed by atoms with E-state index in [-0.39, 0.29) is 0 Å². The second kappa shape index (κ2) is 3.06. The summed E-state index contributed by atoms with van der Waals surface area (Å²) in [4.78, 5) is 0. The molecule has 1 atom stereocenters. The minimum Gasteiger partial charge on any atom is -0.374 e. The minimum absolute atomic E-state index is 0.379. The molecule has 1 unspecified atom stereocenters. The molecule has 1 aromatic rings. The molecule has 0 bridgehead atoms. The molecule has 12 heavy (non-hydrogen) atoms. The summed E-state index contributed by atoms with van der Waals surface area (Å²) in [7, 11) is 0. The molecule has 0 aliphatic heterocycles. The van der Waals surface area contributed by atoms with Gasteiger partial charge in [0.1, 0.15) is 5.01 Å². The Morgan fingerprint density at radius 2 is 2.33 bits per heavy atom. The number of nitrogens with two attached hydrogens (primary N) is 1. The van der Waals surface area contributed by atoms with Crippen LogP contribution in [0.4, 0.5) is 5.13 Å². The molecule has 0 radical (unpaired) electrons. The van der Waals surface area contributed by atoms with Crippen molar-refractivity contribution in [3.05, 3.63) is 29.3 Å². The third-order valence-electron chi connectivity index (χ3n) is 1.75. The molecule has 2 N–H and O–H groups in total. The van der Waals surface area contributed by atoms with E-state index in [2.05, 4.69) is 22.3 Å². The topological polar surface area (TPSA) is 51.8 Å². The van der Waals surface area contributed by atoms with Gasteiger partial charge in [0, 0.05) is 5.92 Å². The Hall–Kier alpha value is -1.16. The molecule has 0 saturated carbocycles. The standard InChI is InChI=1S/C8H9N3S/c9-8-11-10-7(12-8)6-4-2-1-3-5-6/h1-4,6H,5H2,(H2,9,11). The normalized spacial score (nSPS) is 21.5. The third kappa shape index (κ3) is 1.38.